The normalized spacial score (nSPS) is 11.7. The lowest BCUT2D eigenvalue weighted by molar-refractivity contribution is 0.653. The number of furan rings is 2. The van der Waals surface area contributed by atoms with Gasteiger partial charge in [0.2, 0.25) is 11.4 Å². The highest BCUT2D eigenvalue weighted by atomic mass is 16.3. The number of rotatable bonds is 4. The zero-order chi connectivity index (χ0) is 28.3. The Bertz CT molecular complexity index is 2360. The molecule has 0 saturated carbocycles. The van der Waals surface area contributed by atoms with Crippen LogP contribution in [0.15, 0.2) is 148 Å². The Morgan fingerprint density at radius 3 is 1.65 bits per heavy atom. The number of nitrogens with zero attached hydrogens (tertiary/aromatic N) is 3. The molecule has 4 aromatic heterocycles. The zero-order valence-electron chi connectivity index (χ0n) is 22.9. The molecular weight excluding hydrogens is 530 g/mol. The van der Waals surface area contributed by atoms with E-state index in [1.807, 2.05) is 54.6 Å². The predicted octanol–water partition coefficient (Wildman–Crippen LogP) is 10.6. The maximum atomic E-state index is 6.18. The number of hydrogen-bond donors (Lipinski definition) is 0. The van der Waals surface area contributed by atoms with E-state index < -0.39 is 0 Å². The number of hydrogen-bond acceptors (Lipinski definition) is 5. The van der Waals surface area contributed by atoms with Gasteiger partial charge in [0.05, 0.1) is 0 Å². The summed E-state index contributed by atoms with van der Waals surface area (Å²) in [7, 11) is 0. The van der Waals surface area contributed by atoms with Crippen LogP contribution in [0.2, 0.25) is 0 Å². The molecule has 5 aromatic carbocycles. The van der Waals surface area contributed by atoms with Gasteiger partial charge in [0.25, 0.3) is 0 Å². The van der Waals surface area contributed by atoms with Crippen molar-refractivity contribution in [1.82, 2.24) is 9.97 Å². The van der Waals surface area contributed by atoms with E-state index in [4.69, 9.17) is 18.8 Å². The van der Waals surface area contributed by atoms with Crippen molar-refractivity contribution in [3.63, 3.8) is 0 Å². The molecule has 0 N–H and O–H groups in total. The minimum Gasteiger partial charge on any atom is -0.438 e. The first kappa shape index (κ1) is 23.7. The standard InChI is InChI=1S/C38H23N3O2/c1-2-8-24(9-3-1)26-15-14-25-16-17-28(23-27(25)22-26)41(35-20-18-31-29-10-4-6-12-33(29)42-37(31)39-35)36-21-19-32-30-11-5-7-13-34(30)43-38(32)40-36/h1-23H. The second-order valence-corrected chi connectivity index (χ2v) is 10.7. The number of fused-ring (bicyclic) bond motifs is 7. The fourth-order valence-corrected chi connectivity index (χ4v) is 6.01. The van der Waals surface area contributed by atoms with Crippen molar-refractivity contribution in [3.8, 4) is 11.1 Å². The van der Waals surface area contributed by atoms with Crippen molar-refractivity contribution in [3.05, 3.63) is 140 Å². The van der Waals surface area contributed by atoms with E-state index >= 15 is 0 Å². The van der Waals surface area contributed by atoms with E-state index in [0.717, 1.165) is 49.2 Å². The second kappa shape index (κ2) is 9.29. The lowest BCUT2D eigenvalue weighted by Crippen LogP contribution is -2.13. The Morgan fingerprint density at radius 2 is 1.00 bits per heavy atom. The first-order valence-corrected chi connectivity index (χ1v) is 14.2. The molecule has 5 nitrogen and oxygen atoms in total. The predicted molar refractivity (Wildman–Crippen MR) is 174 cm³/mol. The molecule has 9 rings (SSSR count). The molecule has 0 bridgehead atoms. The van der Waals surface area contributed by atoms with Gasteiger partial charge in [-0.05, 0) is 76.5 Å². The van der Waals surface area contributed by atoms with E-state index in [-0.39, 0.29) is 0 Å². The van der Waals surface area contributed by atoms with Crippen molar-refractivity contribution in [1.29, 1.82) is 0 Å². The van der Waals surface area contributed by atoms with Crippen LogP contribution in [0.25, 0.3) is 66.0 Å². The molecule has 43 heavy (non-hydrogen) atoms. The summed E-state index contributed by atoms with van der Waals surface area (Å²) >= 11 is 0. The van der Waals surface area contributed by atoms with Crippen LogP contribution in [-0.2, 0) is 0 Å². The van der Waals surface area contributed by atoms with Crippen LogP contribution < -0.4 is 4.90 Å². The number of aromatic nitrogens is 2. The topological polar surface area (TPSA) is 55.3 Å². The molecule has 0 aliphatic rings. The molecule has 0 aliphatic heterocycles. The number of pyridine rings is 2. The molecule has 0 fully saturated rings. The molecule has 202 valence electrons. The summed E-state index contributed by atoms with van der Waals surface area (Å²) in [6.07, 6.45) is 0. The van der Waals surface area contributed by atoms with Gasteiger partial charge in [0.15, 0.2) is 0 Å². The fourth-order valence-electron chi connectivity index (χ4n) is 6.01. The van der Waals surface area contributed by atoms with Gasteiger partial charge in [-0.15, -0.1) is 0 Å². The van der Waals surface area contributed by atoms with E-state index in [1.165, 1.54) is 11.1 Å². The van der Waals surface area contributed by atoms with Gasteiger partial charge < -0.3 is 8.83 Å². The summed E-state index contributed by atoms with van der Waals surface area (Å²) in [4.78, 5) is 12.1. The van der Waals surface area contributed by atoms with Crippen molar-refractivity contribution in [2.45, 2.75) is 0 Å². The summed E-state index contributed by atoms with van der Waals surface area (Å²) in [6.45, 7) is 0. The Labute approximate surface area is 246 Å². The van der Waals surface area contributed by atoms with Crippen molar-refractivity contribution in [2.75, 3.05) is 4.90 Å². The molecule has 0 amide bonds. The Kier molecular flexibility index (Phi) is 5.13. The fraction of sp³-hybridized carbons (Fsp3) is 0. The van der Waals surface area contributed by atoms with Gasteiger partial charge in [-0.1, -0.05) is 84.9 Å². The maximum Gasteiger partial charge on any atom is 0.229 e. The summed E-state index contributed by atoms with van der Waals surface area (Å²) in [5.41, 5.74) is 6.08. The number of benzene rings is 5. The smallest absolute Gasteiger partial charge is 0.229 e. The van der Waals surface area contributed by atoms with E-state index in [2.05, 4.69) is 89.8 Å². The quantitative estimate of drug-likeness (QED) is 0.217. The molecule has 0 saturated heterocycles. The van der Waals surface area contributed by atoms with Crippen LogP contribution in [0.3, 0.4) is 0 Å². The van der Waals surface area contributed by atoms with Crippen molar-refractivity contribution in [2.24, 2.45) is 0 Å². The first-order chi connectivity index (χ1) is 21.3. The molecule has 0 atom stereocenters. The molecule has 5 heteroatoms. The molecule has 0 unspecified atom stereocenters. The maximum absolute atomic E-state index is 6.18. The second-order valence-electron chi connectivity index (χ2n) is 10.7. The SMILES string of the molecule is c1ccc(-c2ccc3ccc(N(c4ccc5c(n4)oc4ccccc45)c4ccc5c(n4)oc4ccccc45)cc3c2)cc1. The van der Waals surface area contributed by atoms with Gasteiger partial charge in [0, 0.05) is 27.2 Å². The Hall–Kier alpha value is -5.94. The summed E-state index contributed by atoms with van der Waals surface area (Å²) in [6, 6.07) is 47.7. The number of anilines is 3. The molecule has 9 aromatic rings. The first-order valence-electron chi connectivity index (χ1n) is 14.2. The third kappa shape index (κ3) is 3.86. The zero-order valence-corrected chi connectivity index (χ0v) is 22.9. The van der Waals surface area contributed by atoms with Crippen LogP contribution in [-0.4, -0.2) is 9.97 Å². The van der Waals surface area contributed by atoms with Gasteiger partial charge in [0.1, 0.15) is 22.8 Å². The van der Waals surface area contributed by atoms with Crippen LogP contribution in [0.4, 0.5) is 17.3 Å². The minimum atomic E-state index is 0.584. The van der Waals surface area contributed by atoms with Crippen LogP contribution in [0.5, 0.6) is 0 Å². The monoisotopic (exact) mass is 553 g/mol. The molecule has 0 aliphatic carbocycles. The van der Waals surface area contributed by atoms with Crippen LogP contribution in [0, 0.1) is 0 Å². The summed E-state index contributed by atoms with van der Waals surface area (Å²) in [5, 5.41) is 6.33. The van der Waals surface area contributed by atoms with Gasteiger partial charge in [-0.2, -0.15) is 9.97 Å². The number of para-hydroxylation sites is 2. The lowest BCUT2D eigenvalue weighted by Gasteiger charge is -2.23. The molecule has 4 heterocycles. The largest absolute Gasteiger partial charge is 0.438 e. The average molecular weight is 554 g/mol. The van der Waals surface area contributed by atoms with E-state index in [1.54, 1.807) is 0 Å². The Morgan fingerprint density at radius 1 is 0.419 bits per heavy atom. The third-order valence-corrected chi connectivity index (χ3v) is 8.11. The molecule has 0 radical (unpaired) electrons. The minimum absolute atomic E-state index is 0.584. The van der Waals surface area contributed by atoms with Crippen LogP contribution in [0.1, 0.15) is 0 Å². The van der Waals surface area contributed by atoms with Gasteiger partial charge in [-0.3, -0.25) is 4.90 Å². The highest BCUT2D eigenvalue weighted by Crippen LogP contribution is 2.39. The summed E-state index contributed by atoms with van der Waals surface area (Å²) < 4.78 is 12.4. The van der Waals surface area contributed by atoms with Gasteiger partial charge in [-0.25, -0.2) is 0 Å². The lowest BCUT2D eigenvalue weighted by atomic mass is 10.0. The third-order valence-electron chi connectivity index (χ3n) is 8.11. The average Bonchev–Trinajstić information content (AvgIpc) is 3.62. The van der Waals surface area contributed by atoms with Gasteiger partial charge >= 0.3 is 0 Å². The van der Waals surface area contributed by atoms with E-state index in [9.17, 15) is 0 Å². The molecule has 0 spiro atoms. The molecular formula is C38H23N3O2. The summed E-state index contributed by atoms with van der Waals surface area (Å²) in [5.74, 6) is 1.40. The van der Waals surface area contributed by atoms with E-state index in [0.29, 0.717) is 23.1 Å². The van der Waals surface area contributed by atoms with Crippen molar-refractivity contribution < 1.29 is 8.83 Å². The van der Waals surface area contributed by atoms with Crippen molar-refractivity contribution >= 4 is 72.2 Å². The highest BCUT2D eigenvalue weighted by Gasteiger charge is 2.20. The highest BCUT2D eigenvalue weighted by molar-refractivity contribution is 6.05. The Balaban J connectivity index is 1.25. The van der Waals surface area contributed by atoms with Crippen LogP contribution >= 0.6 is 0 Å².